The van der Waals surface area contributed by atoms with E-state index in [2.05, 4.69) is 10.6 Å². The molecule has 0 aliphatic rings. The molecule has 0 bridgehead atoms. The molecule has 3 N–H and O–H groups in total. The predicted molar refractivity (Wildman–Crippen MR) is 99.1 cm³/mol. The van der Waals surface area contributed by atoms with Gasteiger partial charge >= 0.3 is 5.97 Å². The summed E-state index contributed by atoms with van der Waals surface area (Å²) in [5.41, 5.74) is 0.540. The standard InChI is InChI=1S/C20H21FN2O4/c1-12(18(25)26)22-17(24)13-4-10-16(11-5-13)23-19(27)20(2,3)14-6-8-15(21)9-7-14/h4-12H,1-3H3,(H,22,24)(H,23,27)(H,25,26). The Morgan fingerprint density at radius 2 is 1.56 bits per heavy atom. The van der Waals surface area contributed by atoms with E-state index in [-0.39, 0.29) is 17.3 Å². The number of benzene rings is 2. The second kappa shape index (κ2) is 7.99. The van der Waals surface area contributed by atoms with Crippen LogP contribution >= 0.6 is 0 Å². The molecule has 1 atom stereocenters. The average Bonchev–Trinajstić information content (AvgIpc) is 2.62. The molecule has 0 fully saturated rings. The maximum atomic E-state index is 13.1. The number of nitrogens with one attached hydrogen (secondary N) is 2. The number of carbonyl (C=O) groups is 3. The lowest BCUT2D eigenvalue weighted by Crippen LogP contribution is -2.38. The van der Waals surface area contributed by atoms with Crippen LogP contribution in [0, 0.1) is 5.82 Å². The van der Waals surface area contributed by atoms with Crippen LogP contribution in [0.2, 0.25) is 0 Å². The fourth-order valence-corrected chi connectivity index (χ4v) is 2.33. The first kappa shape index (κ1) is 20.1. The first-order valence-corrected chi connectivity index (χ1v) is 8.32. The van der Waals surface area contributed by atoms with E-state index >= 15 is 0 Å². The monoisotopic (exact) mass is 372 g/mol. The van der Waals surface area contributed by atoms with Gasteiger partial charge in [0.2, 0.25) is 5.91 Å². The molecule has 2 aromatic rings. The number of carboxylic acids is 1. The smallest absolute Gasteiger partial charge is 0.325 e. The summed E-state index contributed by atoms with van der Waals surface area (Å²) in [7, 11) is 0. The Kier molecular flexibility index (Phi) is 5.95. The Morgan fingerprint density at radius 3 is 2.07 bits per heavy atom. The zero-order valence-electron chi connectivity index (χ0n) is 15.2. The number of hydrogen-bond donors (Lipinski definition) is 3. The van der Waals surface area contributed by atoms with Gasteiger partial charge in [-0.1, -0.05) is 12.1 Å². The summed E-state index contributed by atoms with van der Waals surface area (Å²) < 4.78 is 13.1. The number of aliphatic carboxylic acids is 1. The molecule has 0 aromatic heterocycles. The molecule has 0 aliphatic carbocycles. The molecule has 6 nitrogen and oxygen atoms in total. The fraction of sp³-hybridized carbons (Fsp3) is 0.250. The van der Waals surface area contributed by atoms with Crippen molar-refractivity contribution >= 4 is 23.5 Å². The minimum atomic E-state index is -1.13. The van der Waals surface area contributed by atoms with Crippen molar-refractivity contribution in [2.45, 2.75) is 32.2 Å². The molecule has 2 rings (SSSR count). The van der Waals surface area contributed by atoms with Crippen LogP contribution in [0.3, 0.4) is 0 Å². The normalized spacial score (nSPS) is 12.1. The van der Waals surface area contributed by atoms with Crippen LogP contribution in [0.5, 0.6) is 0 Å². The van der Waals surface area contributed by atoms with Crippen molar-refractivity contribution in [3.8, 4) is 0 Å². The summed E-state index contributed by atoms with van der Waals surface area (Å²) >= 11 is 0. The van der Waals surface area contributed by atoms with Gasteiger partial charge < -0.3 is 15.7 Å². The van der Waals surface area contributed by atoms with Crippen LogP contribution < -0.4 is 10.6 Å². The van der Waals surface area contributed by atoms with Crippen LogP contribution in [-0.4, -0.2) is 28.9 Å². The predicted octanol–water partition coefficient (Wildman–Crippen LogP) is 2.94. The highest BCUT2D eigenvalue weighted by molar-refractivity contribution is 6.00. The summed E-state index contributed by atoms with van der Waals surface area (Å²) in [6, 6.07) is 10.8. The van der Waals surface area contributed by atoms with Gasteiger partial charge in [0.1, 0.15) is 11.9 Å². The lowest BCUT2D eigenvalue weighted by molar-refractivity contribution is -0.138. The summed E-state index contributed by atoms with van der Waals surface area (Å²) in [6.07, 6.45) is 0. The van der Waals surface area contributed by atoms with Crippen molar-refractivity contribution in [3.63, 3.8) is 0 Å². The number of amides is 2. The van der Waals surface area contributed by atoms with Crippen molar-refractivity contribution in [1.29, 1.82) is 0 Å². The highest BCUT2D eigenvalue weighted by Crippen LogP contribution is 2.25. The molecule has 142 valence electrons. The summed E-state index contributed by atoms with van der Waals surface area (Å²) in [5, 5.41) is 13.9. The topological polar surface area (TPSA) is 95.5 Å². The van der Waals surface area contributed by atoms with Crippen molar-refractivity contribution in [3.05, 3.63) is 65.5 Å². The second-order valence-electron chi connectivity index (χ2n) is 6.70. The van der Waals surface area contributed by atoms with E-state index in [0.717, 1.165) is 0 Å². The van der Waals surface area contributed by atoms with E-state index in [4.69, 9.17) is 5.11 Å². The fourth-order valence-electron chi connectivity index (χ4n) is 2.33. The maximum Gasteiger partial charge on any atom is 0.325 e. The Hall–Kier alpha value is -3.22. The summed E-state index contributed by atoms with van der Waals surface area (Å²) in [4.78, 5) is 35.4. The lowest BCUT2D eigenvalue weighted by Gasteiger charge is -2.24. The minimum Gasteiger partial charge on any atom is -0.480 e. The van der Waals surface area contributed by atoms with Crippen molar-refractivity contribution in [1.82, 2.24) is 5.32 Å². The quantitative estimate of drug-likeness (QED) is 0.726. The van der Waals surface area contributed by atoms with Crippen LogP contribution in [-0.2, 0) is 15.0 Å². The molecule has 0 aliphatic heterocycles. The van der Waals surface area contributed by atoms with Crippen LogP contribution in [0.25, 0.3) is 0 Å². The van der Waals surface area contributed by atoms with Crippen molar-refractivity contribution < 1.29 is 23.9 Å². The number of hydrogen-bond acceptors (Lipinski definition) is 3. The SMILES string of the molecule is CC(NC(=O)c1ccc(NC(=O)C(C)(C)c2ccc(F)cc2)cc1)C(=O)O. The van der Waals surface area contributed by atoms with E-state index in [1.54, 1.807) is 38.1 Å². The van der Waals surface area contributed by atoms with Crippen molar-refractivity contribution in [2.24, 2.45) is 0 Å². The minimum absolute atomic E-state index is 0.277. The maximum absolute atomic E-state index is 13.1. The van der Waals surface area contributed by atoms with Crippen LogP contribution in [0.4, 0.5) is 10.1 Å². The van der Waals surface area contributed by atoms with E-state index in [1.807, 2.05) is 0 Å². The number of halogens is 1. The Morgan fingerprint density at radius 1 is 1.00 bits per heavy atom. The lowest BCUT2D eigenvalue weighted by atomic mass is 9.83. The van der Waals surface area contributed by atoms with Gasteiger partial charge in [-0.15, -0.1) is 0 Å². The molecule has 2 amide bonds. The second-order valence-corrected chi connectivity index (χ2v) is 6.70. The summed E-state index contributed by atoms with van der Waals surface area (Å²) in [6.45, 7) is 4.82. The number of carbonyl (C=O) groups excluding carboxylic acids is 2. The third-order valence-electron chi connectivity index (χ3n) is 4.26. The summed E-state index contributed by atoms with van der Waals surface area (Å²) in [5.74, 6) is -2.31. The highest BCUT2D eigenvalue weighted by Gasteiger charge is 2.29. The molecule has 0 saturated heterocycles. The number of rotatable bonds is 6. The largest absolute Gasteiger partial charge is 0.480 e. The molecule has 1 unspecified atom stereocenters. The third kappa shape index (κ3) is 4.91. The number of carboxylic acid groups (broad SMARTS) is 1. The van der Waals surface area contributed by atoms with Crippen molar-refractivity contribution in [2.75, 3.05) is 5.32 Å². The molecule has 7 heteroatoms. The van der Waals surface area contributed by atoms with E-state index < -0.39 is 23.3 Å². The average molecular weight is 372 g/mol. The molecule has 0 spiro atoms. The van der Waals surface area contributed by atoms with Gasteiger partial charge in [0, 0.05) is 11.3 Å². The van der Waals surface area contributed by atoms with Gasteiger partial charge in [-0.2, -0.15) is 0 Å². The van der Waals surface area contributed by atoms with Gasteiger partial charge in [0.05, 0.1) is 5.41 Å². The Labute approximate surface area is 156 Å². The van der Waals surface area contributed by atoms with Crippen LogP contribution in [0.15, 0.2) is 48.5 Å². The molecular weight excluding hydrogens is 351 g/mol. The molecule has 0 radical (unpaired) electrons. The van der Waals surface area contributed by atoms with Gasteiger partial charge in [0.25, 0.3) is 5.91 Å². The number of anilines is 1. The molecule has 2 aromatic carbocycles. The van der Waals surface area contributed by atoms with E-state index in [9.17, 15) is 18.8 Å². The van der Waals surface area contributed by atoms with Gasteiger partial charge in [-0.25, -0.2) is 4.39 Å². The van der Waals surface area contributed by atoms with Gasteiger partial charge in [-0.3, -0.25) is 14.4 Å². The zero-order valence-corrected chi connectivity index (χ0v) is 15.2. The van der Waals surface area contributed by atoms with Crippen LogP contribution in [0.1, 0.15) is 36.7 Å². The Bertz CT molecular complexity index is 845. The van der Waals surface area contributed by atoms with E-state index in [0.29, 0.717) is 11.3 Å². The molecule has 27 heavy (non-hydrogen) atoms. The zero-order chi connectivity index (χ0) is 20.2. The molecular formula is C20H21FN2O4. The Balaban J connectivity index is 2.07. The third-order valence-corrected chi connectivity index (χ3v) is 4.26. The molecule has 0 heterocycles. The van der Waals surface area contributed by atoms with Gasteiger partial charge in [-0.05, 0) is 62.7 Å². The van der Waals surface area contributed by atoms with E-state index in [1.165, 1.54) is 31.2 Å². The highest BCUT2D eigenvalue weighted by atomic mass is 19.1. The first-order valence-electron chi connectivity index (χ1n) is 8.32. The first-order chi connectivity index (χ1) is 12.6. The van der Waals surface area contributed by atoms with Gasteiger partial charge in [0.15, 0.2) is 0 Å². The molecule has 0 saturated carbocycles.